The Kier molecular flexibility index (Phi) is 8.45. The van der Waals surface area contributed by atoms with Crippen LogP contribution in [0.1, 0.15) is 38.2 Å². The number of fused-ring (bicyclic) bond motifs is 1. The largest absolute Gasteiger partial charge is 0.494 e. The van der Waals surface area contributed by atoms with Crippen molar-refractivity contribution in [3.05, 3.63) is 23.9 Å². The third-order valence-corrected chi connectivity index (χ3v) is 2.24. The average molecular weight is 294 g/mol. The molecule has 2 aromatic heterocycles. The van der Waals surface area contributed by atoms with Gasteiger partial charge >= 0.3 is 5.97 Å². The Bertz CT molecular complexity index is 585. The monoisotopic (exact) mass is 294 g/mol. The quantitative estimate of drug-likeness (QED) is 0.934. The van der Waals surface area contributed by atoms with Gasteiger partial charge in [-0.25, -0.2) is 14.8 Å². The Morgan fingerprint density at radius 2 is 1.67 bits per heavy atom. The van der Waals surface area contributed by atoms with Crippen molar-refractivity contribution >= 4 is 17.0 Å². The van der Waals surface area contributed by atoms with E-state index in [1.165, 1.54) is 20.3 Å². The van der Waals surface area contributed by atoms with Crippen LogP contribution < -0.4 is 9.47 Å². The molecule has 116 valence electrons. The number of carboxylic acids is 1. The minimum absolute atomic E-state index is 0.0530. The molecule has 0 saturated carbocycles. The molecule has 0 fully saturated rings. The Balaban J connectivity index is 0.000000921. The number of aromatic nitrogens is 2. The second-order valence-electron chi connectivity index (χ2n) is 3.24. The molecule has 0 aliphatic heterocycles. The van der Waals surface area contributed by atoms with Gasteiger partial charge in [0, 0.05) is 6.07 Å². The Labute approximate surface area is 124 Å². The lowest BCUT2D eigenvalue weighted by Crippen LogP contribution is -2.02. The van der Waals surface area contributed by atoms with E-state index in [0.29, 0.717) is 22.7 Å². The number of carbonyl (C=O) groups is 1. The van der Waals surface area contributed by atoms with Gasteiger partial charge in [0.15, 0.2) is 5.75 Å². The van der Waals surface area contributed by atoms with Crippen molar-refractivity contribution in [1.29, 1.82) is 0 Å². The maximum absolute atomic E-state index is 10.8. The van der Waals surface area contributed by atoms with Gasteiger partial charge in [0.1, 0.15) is 11.2 Å². The highest BCUT2D eigenvalue weighted by atomic mass is 16.5. The fourth-order valence-electron chi connectivity index (χ4n) is 1.43. The molecule has 6 nitrogen and oxygen atoms in total. The van der Waals surface area contributed by atoms with Crippen molar-refractivity contribution in [2.75, 3.05) is 14.2 Å². The molecule has 2 heterocycles. The second kappa shape index (κ2) is 9.52. The molecule has 0 unspecified atom stereocenters. The zero-order chi connectivity index (χ0) is 16.4. The Hall–Kier alpha value is -2.37. The number of hydrogen-bond acceptors (Lipinski definition) is 5. The summed E-state index contributed by atoms with van der Waals surface area (Å²) in [5, 5.41) is 8.86. The van der Waals surface area contributed by atoms with Crippen molar-refractivity contribution in [2.45, 2.75) is 27.7 Å². The molecule has 0 amide bonds. The van der Waals surface area contributed by atoms with Gasteiger partial charge in [-0.1, -0.05) is 27.7 Å². The predicted octanol–water partition coefficient (Wildman–Crippen LogP) is 3.40. The smallest absolute Gasteiger partial charge is 0.354 e. The van der Waals surface area contributed by atoms with Crippen molar-refractivity contribution in [1.82, 2.24) is 9.97 Å². The van der Waals surface area contributed by atoms with E-state index >= 15 is 0 Å². The zero-order valence-electron chi connectivity index (χ0n) is 13.3. The summed E-state index contributed by atoms with van der Waals surface area (Å²) in [5.74, 6) is -0.279. The molecule has 0 aromatic carbocycles. The molecule has 0 radical (unpaired) electrons. The number of nitrogens with zero attached hydrogens (tertiary/aromatic N) is 2. The van der Waals surface area contributed by atoms with E-state index < -0.39 is 5.97 Å². The summed E-state index contributed by atoms with van der Waals surface area (Å²) < 4.78 is 10.1. The lowest BCUT2D eigenvalue weighted by atomic mass is 10.2. The highest BCUT2D eigenvalue weighted by Gasteiger charge is 2.11. The number of ether oxygens (including phenoxy) is 2. The molecular weight excluding hydrogens is 272 g/mol. The van der Waals surface area contributed by atoms with Crippen LogP contribution in [0.2, 0.25) is 0 Å². The lowest BCUT2D eigenvalue weighted by Gasteiger charge is -2.07. The van der Waals surface area contributed by atoms with Crippen molar-refractivity contribution in [3.8, 4) is 11.6 Å². The molecule has 0 atom stereocenters. The third kappa shape index (κ3) is 4.59. The first kappa shape index (κ1) is 18.6. The number of aromatic carboxylic acids is 1. The van der Waals surface area contributed by atoms with Crippen LogP contribution in [0.15, 0.2) is 18.2 Å². The molecule has 2 aromatic rings. The number of rotatable bonds is 3. The molecule has 1 N–H and O–H groups in total. The van der Waals surface area contributed by atoms with Crippen LogP contribution in [0.4, 0.5) is 0 Å². The molecule has 6 heteroatoms. The highest BCUT2D eigenvalue weighted by molar-refractivity contribution is 5.90. The minimum atomic E-state index is -1.09. The molecule has 0 bridgehead atoms. The van der Waals surface area contributed by atoms with E-state index in [1.807, 2.05) is 27.7 Å². The van der Waals surface area contributed by atoms with Gasteiger partial charge in [-0.3, -0.25) is 0 Å². The van der Waals surface area contributed by atoms with Crippen LogP contribution in [0.5, 0.6) is 11.6 Å². The Morgan fingerprint density at radius 3 is 2.14 bits per heavy atom. The fourth-order valence-corrected chi connectivity index (χ4v) is 1.43. The maximum atomic E-state index is 10.8. The molecule has 2 rings (SSSR count). The summed E-state index contributed by atoms with van der Waals surface area (Å²) in [5.41, 5.74) is 0.863. The summed E-state index contributed by atoms with van der Waals surface area (Å²) in [6.45, 7) is 8.00. The van der Waals surface area contributed by atoms with Crippen LogP contribution in [0, 0.1) is 0 Å². The van der Waals surface area contributed by atoms with Crippen LogP contribution >= 0.6 is 0 Å². The topological polar surface area (TPSA) is 81.5 Å². The lowest BCUT2D eigenvalue weighted by molar-refractivity contribution is 0.0691. The number of hydrogen-bond donors (Lipinski definition) is 1. The summed E-state index contributed by atoms with van der Waals surface area (Å²) in [6, 6.07) is 4.51. The van der Waals surface area contributed by atoms with Crippen LogP contribution in [-0.4, -0.2) is 35.3 Å². The van der Waals surface area contributed by atoms with Gasteiger partial charge < -0.3 is 14.6 Å². The van der Waals surface area contributed by atoms with E-state index in [1.54, 1.807) is 12.1 Å². The first-order valence-corrected chi connectivity index (χ1v) is 6.78. The van der Waals surface area contributed by atoms with Crippen LogP contribution in [0.25, 0.3) is 11.0 Å². The maximum Gasteiger partial charge on any atom is 0.354 e. The summed E-state index contributed by atoms with van der Waals surface area (Å²) in [4.78, 5) is 18.9. The first-order valence-electron chi connectivity index (χ1n) is 6.78. The highest BCUT2D eigenvalue weighted by Crippen LogP contribution is 2.26. The first-order chi connectivity index (χ1) is 10.2. The number of carboxylic acid groups (broad SMARTS) is 1. The second-order valence-corrected chi connectivity index (χ2v) is 3.24. The van der Waals surface area contributed by atoms with Crippen LogP contribution in [0.3, 0.4) is 0 Å². The number of pyridine rings is 2. The predicted molar refractivity (Wildman–Crippen MR) is 82.3 cm³/mol. The summed E-state index contributed by atoms with van der Waals surface area (Å²) in [6.07, 6.45) is 0. The van der Waals surface area contributed by atoms with Gasteiger partial charge in [-0.05, 0) is 12.1 Å². The van der Waals surface area contributed by atoms with E-state index in [2.05, 4.69) is 9.97 Å². The van der Waals surface area contributed by atoms with Crippen molar-refractivity contribution < 1.29 is 19.4 Å². The van der Waals surface area contributed by atoms with E-state index in [4.69, 9.17) is 14.6 Å². The molecule has 21 heavy (non-hydrogen) atoms. The van der Waals surface area contributed by atoms with Gasteiger partial charge in [0.2, 0.25) is 5.88 Å². The summed E-state index contributed by atoms with van der Waals surface area (Å²) >= 11 is 0. The van der Waals surface area contributed by atoms with Gasteiger partial charge in [0.05, 0.1) is 19.7 Å². The standard InChI is InChI=1S/C11H10N2O4.2C2H6/c1-16-8-5-9(17-2)12-6-3-4-7(11(14)15)13-10(6)8;2*1-2/h3-5H,1-2H3,(H,14,15);2*1-2H3. The van der Waals surface area contributed by atoms with E-state index in [-0.39, 0.29) is 5.69 Å². The van der Waals surface area contributed by atoms with Crippen molar-refractivity contribution in [2.24, 2.45) is 0 Å². The molecule has 0 aliphatic rings. The van der Waals surface area contributed by atoms with Crippen LogP contribution in [-0.2, 0) is 0 Å². The SMILES string of the molecule is CC.CC.COc1cc(OC)c2nc(C(=O)O)ccc2n1. The van der Waals surface area contributed by atoms with E-state index in [0.717, 1.165) is 0 Å². The number of methoxy groups -OCH3 is 2. The Morgan fingerprint density at radius 1 is 1.05 bits per heavy atom. The molecule has 0 spiro atoms. The third-order valence-electron chi connectivity index (χ3n) is 2.24. The zero-order valence-corrected chi connectivity index (χ0v) is 13.3. The fraction of sp³-hybridized carbons (Fsp3) is 0.400. The average Bonchev–Trinajstić information content (AvgIpc) is 2.56. The molecule has 0 aliphatic carbocycles. The van der Waals surface area contributed by atoms with Crippen molar-refractivity contribution in [3.63, 3.8) is 0 Å². The summed E-state index contributed by atoms with van der Waals surface area (Å²) in [7, 11) is 2.97. The molecule has 0 saturated heterocycles. The van der Waals surface area contributed by atoms with Gasteiger partial charge in [-0.2, -0.15) is 0 Å². The van der Waals surface area contributed by atoms with E-state index in [9.17, 15) is 4.79 Å². The minimum Gasteiger partial charge on any atom is -0.494 e. The van der Waals surface area contributed by atoms with Gasteiger partial charge in [-0.15, -0.1) is 0 Å². The molecular formula is C15H22N2O4. The van der Waals surface area contributed by atoms with Gasteiger partial charge in [0.25, 0.3) is 0 Å². The normalized spacial score (nSPS) is 8.86.